The number of hydrogen-bond acceptors (Lipinski definition) is 3. The van der Waals surface area contributed by atoms with Crippen LogP contribution in [0.15, 0.2) is 42.5 Å². The normalized spacial score (nSPS) is 14.4. The van der Waals surface area contributed by atoms with E-state index in [0.717, 1.165) is 11.6 Å². The Morgan fingerprint density at radius 2 is 1.54 bits per heavy atom. The minimum atomic E-state index is -0.638. The zero-order chi connectivity index (χ0) is 18.7. The van der Waals surface area contributed by atoms with Crippen LogP contribution in [0.1, 0.15) is 26.3 Å². The summed E-state index contributed by atoms with van der Waals surface area (Å²) in [5.41, 5.74) is 7.10. The summed E-state index contributed by atoms with van der Waals surface area (Å²) < 4.78 is 13.9. The van der Waals surface area contributed by atoms with Gasteiger partial charge in [0.05, 0.1) is 5.56 Å². The van der Waals surface area contributed by atoms with Crippen LogP contribution in [-0.2, 0) is 6.54 Å². The number of carbonyl (C=O) groups is 2. The molecule has 2 aromatic rings. The number of benzene rings is 2. The molecular weight excluding hydrogens is 357 g/mol. The first-order valence-corrected chi connectivity index (χ1v) is 8.70. The van der Waals surface area contributed by atoms with Crippen molar-refractivity contribution in [1.82, 2.24) is 9.80 Å². The third-order valence-electron chi connectivity index (χ3n) is 4.45. The first-order valence-electron chi connectivity index (χ1n) is 8.32. The van der Waals surface area contributed by atoms with E-state index in [1.807, 2.05) is 12.1 Å². The van der Waals surface area contributed by atoms with Gasteiger partial charge in [-0.05, 0) is 35.9 Å². The number of piperazine rings is 1. The van der Waals surface area contributed by atoms with Crippen LogP contribution in [0.25, 0.3) is 0 Å². The van der Waals surface area contributed by atoms with Crippen molar-refractivity contribution in [3.05, 3.63) is 70.0 Å². The minimum Gasteiger partial charge on any atom is -0.335 e. The highest BCUT2D eigenvalue weighted by Gasteiger charge is 2.26. The summed E-state index contributed by atoms with van der Waals surface area (Å²) in [6, 6.07) is 11.2. The topological polar surface area (TPSA) is 66.6 Å². The molecule has 1 heterocycles. The molecule has 2 aromatic carbocycles. The maximum Gasteiger partial charge on any atom is 0.256 e. The van der Waals surface area contributed by atoms with Crippen molar-refractivity contribution in [2.75, 3.05) is 26.2 Å². The Balaban J connectivity index is 1.63. The molecule has 0 spiro atoms. The second-order valence-corrected chi connectivity index (χ2v) is 6.55. The van der Waals surface area contributed by atoms with E-state index < -0.39 is 11.7 Å². The molecule has 136 valence electrons. The number of nitrogens with two attached hydrogens (primary N) is 1. The Labute approximate surface area is 156 Å². The Morgan fingerprint density at radius 1 is 0.962 bits per heavy atom. The molecule has 5 nitrogen and oxygen atoms in total. The largest absolute Gasteiger partial charge is 0.335 e. The highest BCUT2D eigenvalue weighted by atomic mass is 35.5. The lowest BCUT2D eigenvalue weighted by Crippen LogP contribution is -2.50. The molecule has 1 saturated heterocycles. The lowest BCUT2D eigenvalue weighted by molar-refractivity contribution is 0.0533. The Bertz CT molecular complexity index is 818. The Hall–Kier alpha value is -2.44. The Kier molecular flexibility index (Phi) is 5.54. The van der Waals surface area contributed by atoms with Gasteiger partial charge in [0.15, 0.2) is 0 Å². The van der Waals surface area contributed by atoms with Crippen LogP contribution in [0, 0.1) is 5.82 Å². The average Bonchev–Trinajstić information content (AvgIpc) is 2.67. The molecule has 7 heteroatoms. The number of hydrogen-bond donors (Lipinski definition) is 1. The van der Waals surface area contributed by atoms with E-state index in [0.29, 0.717) is 38.3 Å². The lowest BCUT2D eigenvalue weighted by atomic mass is 10.1. The molecule has 26 heavy (non-hydrogen) atoms. The van der Waals surface area contributed by atoms with Gasteiger partial charge in [-0.2, -0.15) is 0 Å². The third kappa shape index (κ3) is 3.86. The van der Waals surface area contributed by atoms with Gasteiger partial charge in [0, 0.05) is 43.3 Å². The second kappa shape index (κ2) is 7.85. The highest BCUT2D eigenvalue weighted by Crippen LogP contribution is 2.18. The zero-order valence-corrected chi connectivity index (χ0v) is 14.9. The standard InChI is InChI=1S/C19H19ClFN3O2/c20-15-5-6-16(17(21)11-15)19(26)24-9-7-23(8-10-24)18(25)14-3-1-13(12-22)2-4-14/h1-6,11H,7-10,12,22H2. The van der Waals surface area contributed by atoms with Crippen LogP contribution in [0.5, 0.6) is 0 Å². The quantitative estimate of drug-likeness (QED) is 0.896. The van der Waals surface area contributed by atoms with E-state index in [4.69, 9.17) is 17.3 Å². The van der Waals surface area contributed by atoms with Crippen molar-refractivity contribution in [1.29, 1.82) is 0 Å². The summed E-state index contributed by atoms with van der Waals surface area (Å²) in [5.74, 6) is -1.11. The molecule has 0 atom stereocenters. The molecule has 1 aliphatic rings. The molecular formula is C19H19ClFN3O2. The fourth-order valence-electron chi connectivity index (χ4n) is 2.91. The fourth-order valence-corrected chi connectivity index (χ4v) is 3.07. The average molecular weight is 376 g/mol. The molecule has 2 amide bonds. The molecule has 2 N–H and O–H groups in total. The zero-order valence-electron chi connectivity index (χ0n) is 14.1. The molecule has 0 radical (unpaired) electrons. The first kappa shape index (κ1) is 18.4. The van der Waals surface area contributed by atoms with Crippen molar-refractivity contribution in [3.63, 3.8) is 0 Å². The predicted molar refractivity (Wildman–Crippen MR) is 97.6 cm³/mol. The third-order valence-corrected chi connectivity index (χ3v) is 4.69. The monoisotopic (exact) mass is 375 g/mol. The molecule has 0 aliphatic carbocycles. The van der Waals surface area contributed by atoms with Gasteiger partial charge in [0.25, 0.3) is 11.8 Å². The summed E-state index contributed by atoms with van der Waals surface area (Å²) in [6.07, 6.45) is 0. The van der Waals surface area contributed by atoms with Crippen LogP contribution < -0.4 is 5.73 Å². The van der Waals surface area contributed by atoms with Gasteiger partial charge in [0.2, 0.25) is 0 Å². The lowest BCUT2D eigenvalue weighted by Gasteiger charge is -2.35. The number of carbonyl (C=O) groups excluding carboxylic acids is 2. The van der Waals surface area contributed by atoms with E-state index >= 15 is 0 Å². The van der Waals surface area contributed by atoms with Crippen molar-refractivity contribution in [2.24, 2.45) is 5.73 Å². The molecule has 0 aromatic heterocycles. The maximum atomic E-state index is 13.9. The van der Waals surface area contributed by atoms with E-state index in [1.165, 1.54) is 12.1 Å². The fraction of sp³-hybridized carbons (Fsp3) is 0.263. The predicted octanol–water partition coefficient (Wildman–Crippen LogP) is 2.54. The van der Waals surface area contributed by atoms with E-state index in [1.54, 1.807) is 21.9 Å². The molecule has 0 unspecified atom stereocenters. The van der Waals surface area contributed by atoms with E-state index in [-0.39, 0.29) is 16.5 Å². The Morgan fingerprint density at radius 3 is 2.08 bits per heavy atom. The van der Waals surface area contributed by atoms with Gasteiger partial charge in [-0.3, -0.25) is 9.59 Å². The minimum absolute atomic E-state index is 0.00782. The summed E-state index contributed by atoms with van der Waals surface area (Å²) in [7, 11) is 0. The molecule has 1 fully saturated rings. The molecule has 1 aliphatic heterocycles. The number of halogens is 2. The van der Waals surface area contributed by atoms with Crippen LogP contribution in [-0.4, -0.2) is 47.8 Å². The second-order valence-electron chi connectivity index (χ2n) is 6.11. The van der Waals surface area contributed by atoms with Crippen molar-refractivity contribution in [3.8, 4) is 0 Å². The summed E-state index contributed by atoms with van der Waals surface area (Å²) >= 11 is 5.72. The van der Waals surface area contributed by atoms with Crippen LogP contribution >= 0.6 is 11.6 Å². The summed E-state index contributed by atoms with van der Waals surface area (Å²) in [5, 5.41) is 0.245. The SMILES string of the molecule is NCc1ccc(C(=O)N2CCN(C(=O)c3ccc(Cl)cc3F)CC2)cc1. The van der Waals surface area contributed by atoms with Crippen LogP contribution in [0.2, 0.25) is 5.02 Å². The van der Waals surface area contributed by atoms with E-state index in [9.17, 15) is 14.0 Å². The van der Waals surface area contributed by atoms with Crippen molar-refractivity contribution >= 4 is 23.4 Å². The van der Waals surface area contributed by atoms with Crippen molar-refractivity contribution in [2.45, 2.75) is 6.54 Å². The van der Waals surface area contributed by atoms with Crippen LogP contribution in [0.4, 0.5) is 4.39 Å². The molecule has 3 rings (SSSR count). The van der Waals surface area contributed by atoms with Gasteiger partial charge in [-0.1, -0.05) is 23.7 Å². The number of amides is 2. The maximum absolute atomic E-state index is 13.9. The molecule has 0 bridgehead atoms. The number of rotatable bonds is 3. The van der Waals surface area contributed by atoms with Gasteiger partial charge in [-0.25, -0.2) is 4.39 Å². The van der Waals surface area contributed by atoms with Gasteiger partial charge in [0.1, 0.15) is 5.82 Å². The summed E-state index contributed by atoms with van der Waals surface area (Å²) in [4.78, 5) is 28.3. The van der Waals surface area contributed by atoms with Crippen molar-refractivity contribution < 1.29 is 14.0 Å². The van der Waals surface area contributed by atoms with Crippen LogP contribution in [0.3, 0.4) is 0 Å². The van der Waals surface area contributed by atoms with E-state index in [2.05, 4.69) is 0 Å². The number of nitrogens with zero attached hydrogens (tertiary/aromatic N) is 2. The molecule has 0 saturated carbocycles. The summed E-state index contributed by atoms with van der Waals surface area (Å²) in [6.45, 7) is 1.94. The van der Waals surface area contributed by atoms with Gasteiger partial charge in [-0.15, -0.1) is 0 Å². The van der Waals surface area contributed by atoms with Gasteiger partial charge >= 0.3 is 0 Å². The van der Waals surface area contributed by atoms with Gasteiger partial charge < -0.3 is 15.5 Å². The smallest absolute Gasteiger partial charge is 0.256 e. The highest BCUT2D eigenvalue weighted by molar-refractivity contribution is 6.30. The first-order chi connectivity index (χ1) is 12.5.